The van der Waals surface area contributed by atoms with E-state index in [4.69, 9.17) is 0 Å². The van der Waals surface area contributed by atoms with Gasteiger partial charge >= 0.3 is 0 Å². The molecule has 1 heterocycles. The topological polar surface area (TPSA) is 74.0 Å². The van der Waals surface area contributed by atoms with Gasteiger partial charge in [-0.05, 0) is 36.9 Å². The molecule has 0 saturated heterocycles. The molecule has 0 atom stereocenters. The van der Waals surface area contributed by atoms with Crippen LogP contribution in [0.5, 0.6) is 0 Å². The quantitative estimate of drug-likeness (QED) is 0.731. The van der Waals surface area contributed by atoms with Crippen molar-refractivity contribution >= 4 is 11.7 Å². The van der Waals surface area contributed by atoms with E-state index in [2.05, 4.69) is 10.4 Å². The van der Waals surface area contributed by atoms with E-state index in [0.29, 0.717) is 12.4 Å². The van der Waals surface area contributed by atoms with E-state index >= 15 is 0 Å². The summed E-state index contributed by atoms with van der Waals surface area (Å²) in [6.07, 6.45) is 1.42. The number of carbonyl (C=O) groups is 1. The molecule has 1 amide bonds. The molecule has 0 aliphatic heterocycles. The summed E-state index contributed by atoms with van der Waals surface area (Å²) in [7, 11) is 1.77. The molecule has 1 aromatic heterocycles. The molecular weight excluding hydrogens is 345 g/mol. The first-order chi connectivity index (χ1) is 13.1. The molecule has 3 rings (SSSR count). The second-order valence-corrected chi connectivity index (χ2v) is 6.12. The zero-order valence-corrected chi connectivity index (χ0v) is 14.8. The molecule has 0 radical (unpaired) electrons. The predicted octanol–water partition coefficient (Wildman–Crippen LogP) is 2.95. The molecule has 0 aliphatic carbocycles. The zero-order chi connectivity index (χ0) is 19.2. The second-order valence-electron chi connectivity index (χ2n) is 6.12. The lowest BCUT2D eigenvalue weighted by Gasteiger charge is -2.17. The zero-order valence-electron chi connectivity index (χ0n) is 14.8. The number of benzene rings is 2. The van der Waals surface area contributed by atoms with Crippen molar-refractivity contribution in [3.63, 3.8) is 0 Å². The van der Waals surface area contributed by atoms with Crippen LogP contribution < -0.4 is 5.32 Å². The summed E-state index contributed by atoms with van der Waals surface area (Å²) < 4.78 is 14.8. The molecule has 136 valence electrons. The lowest BCUT2D eigenvalue weighted by atomic mass is 10.2. The van der Waals surface area contributed by atoms with Crippen LogP contribution in [0.25, 0.3) is 5.69 Å². The Hall–Kier alpha value is -3.50. The van der Waals surface area contributed by atoms with Gasteiger partial charge in [0, 0.05) is 6.54 Å². The third-order valence-electron chi connectivity index (χ3n) is 3.90. The maximum Gasteiger partial charge on any atom is 0.239 e. The first-order valence-corrected chi connectivity index (χ1v) is 8.33. The minimum absolute atomic E-state index is 0.0847. The van der Waals surface area contributed by atoms with Crippen molar-refractivity contribution in [2.24, 2.45) is 0 Å². The summed E-state index contributed by atoms with van der Waals surface area (Å²) in [5.74, 6) is -0.272. The van der Waals surface area contributed by atoms with E-state index in [1.54, 1.807) is 24.1 Å². The Morgan fingerprint density at radius 3 is 2.74 bits per heavy atom. The number of hydrogen-bond donors (Lipinski definition) is 1. The van der Waals surface area contributed by atoms with Crippen LogP contribution in [0.4, 0.5) is 10.2 Å². The molecule has 3 aromatic rings. The molecule has 7 heteroatoms. The van der Waals surface area contributed by atoms with Crippen LogP contribution in [0, 0.1) is 17.1 Å². The molecular formula is C20H18FN5O. The average molecular weight is 363 g/mol. The molecule has 1 N–H and O–H groups in total. The van der Waals surface area contributed by atoms with Crippen molar-refractivity contribution in [2.45, 2.75) is 6.54 Å². The van der Waals surface area contributed by atoms with Crippen molar-refractivity contribution < 1.29 is 9.18 Å². The fraction of sp³-hybridized carbons (Fsp3) is 0.150. The number of amides is 1. The third-order valence-corrected chi connectivity index (χ3v) is 3.90. The van der Waals surface area contributed by atoms with Gasteiger partial charge in [0.25, 0.3) is 0 Å². The second kappa shape index (κ2) is 8.25. The monoisotopic (exact) mass is 363 g/mol. The summed E-state index contributed by atoms with van der Waals surface area (Å²) in [4.78, 5) is 14.2. The van der Waals surface area contributed by atoms with Gasteiger partial charge in [-0.25, -0.2) is 9.07 Å². The summed E-state index contributed by atoms with van der Waals surface area (Å²) >= 11 is 0. The van der Waals surface area contributed by atoms with E-state index in [0.717, 1.165) is 11.3 Å². The SMILES string of the molecule is CN(CC(=O)Nc1c(C#N)cnn1-c1ccccc1)Cc1cccc(F)c1. The van der Waals surface area contributed by atoms with E-state index in [1.807, 2.05) is 36.4 Å². The van der Waals surface area contributed by atoms with Crippen LogP contribution in [0.15, 0.2) is 60.8 Å². The van der Waals surface area contributed by atoms with E-state index in [-0.39, 0.29) is 23.8 Å². The number of aromatic nitrogens is 2. The Labute approximate surface area is 156 Å². The maximum absolute atomic E-state index is 13.3. The van der Waals surface area contributed by atoms with Gasteiger partial charge in [0.15, 0.2) is 5.82 Å². The van der Waals surface area contributed by atoms with Crippen molar-refractivity contribution in [2.75, 3.05) is 18.9 Å². The number of likely N-dealkylation sites (N-methyl/N-ethyl adjacent to an activating group) is 1. The van der Waals surface area contributed by atoms with Crippen molar-refractivity contribution in [3.05, 3.63) is 77.7 Å². The molecule has 0 aliphatic rings. The highest BCUT2D eigenvalue weighted by Crippen LogP contribution is 2.19. The van der Waals surface area contributed by atoms with Gasteiger partial charge in [-0.1, -0.05) is 30.3 Å². The molecule has 0 bridgehead atoms. The number of nitrogens with one attached hydrogen (secondary N) is 1. The number of anilines is 1. The molecule has 27 heavy (non-hydrogen) atoms. The Bertz CT molecular complexity index is 978. The number of halogens is 1. The Balaban J connectivity index is 1.71. The van der Waals surface area contributed by atoms with E-state index < -0.39 is 0 Å². The number of hydrogen-bond acceptors (Lipinski definition) is 4. The summed E-state index contributed by atoms with van der Waals surface area (Å²) in [6, 6.07) is 17.5. The van der Waals surface area contributed by atoms with Crippen LogP contribution in [0.1, 0.15) is 11.1 Å². The number of rotatable bonds is 6. The Morgan fingerprint density at radius 1 is 1.26 bits per heavy atom. The minimum atomic E-state index is -0.309. The van der Waals surface area contributed by atoms with Crippen molar-refractivity contribution in [3.8, 4) is 11.8 Å². The summed E-state index contributed by atoms with van der Waals surface area (Å²) in [5, 5.41) is 16.2. The standard InChI is InChI=1S/C20H18FN5O/c1-25(13-15-6-5-7-17(21)10-15)14-19(27)24-20-16(11-22)12-23-26(20)18-8-3-2-4-9-18/h2-10,12H,13-14H2,1H3,(H,24,27). The molecule has 0 fully saturated rings. The number of nitriles is 1. The largest absolute Gasteiger partial charge is 0.308 e. The van der Waals surface area contributed by atoms with Crippen LogP contribution >= 0.6 is 0 Å². The lowest BCUT2D eigenvalue weighted by Crippen LogP contribution is -2.30. The maximum atomic E-state index is 13.3. The smallest absolute Gasteiger partial charge is 0.239 e. The average Bonchev–Trinajstić information content (AvgIpc) is 3.04. The lowest BCUT2D eigenvalue weighted by molar-refractivity contribution is -0.117. The third kappa shape index (κ3) is 4.57. The molecule has 0 saturated carbocycles. The van der Waals surface area contributed by atoms with E-state index in [1.165, 1.54) is 23.0 Å². The van der Waals surface area contributed by atoms with Gasteiger partial charge in [-0.2, -0.15) is 10.4 Å². The first kappa shape index (κ1) is 18.3. The number of carbonyl (C=O) groups excluding carboxylic acids is 1. The Morgan fingerprint density at radius 2 is 2.04 bits per heavy atom. The van der Waals surface area contributed by atoms with Gasteiger partial charge in [-0.15, -0.1) is 0 Å². The van der Waals surface area contributed by atoms with Gasteiger partial charge < -0.3 is 5.32 Å². The molecule has 2 aromatic carbocycles. The van der Waals surface area contributed by atoms with Crippen LogP contribution in [-0.4, -0.2) is 34.2 Å². The number of para-hydroxylation sites is 1. The highest BCUT2D eigenvalue weighted by molar-refractivity contribution is 5.92. The predicted molar refractivity (Wildman–Crippen MR) is 99.6 cm³/mol. The Kier molecular flexibility index (Phi) is 5.59. The van der Waals surface area contributed by atoms with Gasteiger partial charge in [0.05, 0.1) is 18.4 Å². The van der Waals surface area contributed by atoms with Crippen LogP contribution in [0.3, 0.4) is 0 Å². The fourth-order valence-electron chi connectivity index (χ4n) is 2.74. The fourth-order valence-corrected chi connectivity index (χ4v) is 2.74. The molecule has 0 spiro atoms. The van der Waals surface area contributed by atoms with E-state index in [9.17, 15) is 14.4 Å². The van der Waals surface area contributed by atoms with Crippen LogP contribution in [0.2, 0.25) is 0 Å². The highest BCUT2D eigenvalue weighted by Gasteiger charge is 2.16. The first-order valence-electron chi connectivity index (χ1n) is 8.33. The summed E-state index contributed by atoms with van der Waals surface area (Å²) in [5.41, 5.74) is 1.79. The molecule has 6 nitrogen and oxygen atoms in total. The minimum Gasteiger partial charge on any atom is -0.308 e. The highest BCUT2D eigenvalue weighted by atomic mass is 19.1. The molecule has 0 unspecified atom stereocenters. The van der Waals surface area contributed by atoms with Crippen LogP contribution in [-0.2, 0) is 11.3 Å². The van der Waals surface area contributed by atoms with Gasteiger partial charge in [0.1, 0.15) is 17.4 Å². The van der Waals surface area contributed by atoms with Crippen molar-refractivity contribution in [1.29, 1.82) is 5.26 Å². The normalized spacial score (nSPS) is 10.6. The van der Waals surface area contributed by atoms with Gasteiger partial charge in [-0.3, -0.25) is 9.69 Å². The summed E-state index contributed by atoms with van der Waals surface area (Å²) in [6.45, 7) is 0.510. The van der Waals surface area contributed by atoms with Crippen molar-refractivity contribution in [1.82, 2.24) is 14.7 Å². The number of nitrogens with zero attached hydrogens (tertiary/aromatic N) is 4. The van der Waals surface area contributed by atoms with Gasteiger partial charge in [0.2, 0.25) is 5.91 Å².